The van der Waals surface area contributed by atoms with Crippen molar-refractivity contribution in [3.63, 3.8) is 0 Å². The lowest BCUT2D eigenvalue weighted by molar-refractivity contribution is -0.155. The molecule has 1 atom stereocenters. The quantitative estimate of drug-likeness (QED) is 0.723. The number of carbonyl (C=O) groups excluding carboxylic acids is 2. The minimum Gasteiger partial charge on any atom is -0.495 e. The molecule has 0 bridgehead atoms. The molecule has 0 saturated heterocycles. The fourth-order valence-corrected chi connectivity index (χ4v) is 2.28. The molecule has 8 heteroatoms. The third-order valence-electron chi connectivity index (χ3n) is 3.59. The highest BCUT2D eigenvalue weighted by Gasteiger charge is 2.20. The first kappa shape index (κ1) is 20.5. The van der Waals surface area contributed by atoms with Crippen LogP contribution in [0.15, 0.2) is 36.4 Å². The lowest BCUT2D eigenvalue weighted by atomic mass is 10.2. The van der Waals surface area contributed by atoms with Crippen LogP contribution in [0.25, 0.3) is 0 Å². The summed E-state index contributed by atoms with van der Waals surface area (Å²) in [5.41, 5.74) is 1.17. The van der Waals surface area contributed by atoms with E-state index in [0.29, 0.717) is 22.2 Å². The lowest BCUT2D eigenvalue weighted by Crippen LogP contribution is -2.31. The highest BCUT2D eigenvalue weighted by atomic mass is 35.5. The van der Waals surface area contributed by atoms with Crippen LogP contribution in [-0.4, -0.2) is 31.7 Å². The van der Waals surface area contributed by atoms with Crippen LogP contribution in [0, 0.1) is 12.7 Å². The molecule has 0 heterocycles. The first-order valence-electron chi connectivity index (χ1n) is 8.03. The molecule has 144 valence electrons. The van der Waals surface area contributed by atoms with Crippen molar-refractivity contribution in [3.8, 4) is 11.5 Å². The van der Waals surface area contributed by atoms with Gasteiger partial charge in [-0.1, -0.05) is 11.6 Å². The Morgan fingerprint density at radius 3 is 2.52 bits per heavy atom. The number of aryl methyl sites for hydroxylation is 1. The normalized spacial score (nSPS) is 11.4. The molecule has 0 aromatic heterocycles. The number of carbonyl (C=O) groups is 2. The summed E-state index contributed by atoms with van der Waals surface area (Å²) in [4.78, 5) is 24.1. The Kier molecular flexibility index (Phi) is 7.01. The second-order valence-electron chi connectivity index (χ2n) is 5.67. The van der Waals surface area contributed by atoms with Crippen molar-refractivity contribution in [3.05, 3.63) is 52.8 Å². The zero-order chi connectivity index (χ0) is 20.0. The molecule has 6 nitrogen and oxygen atoms in total. The van der Waals surface area contributed by atoms with Crippen molar-refractivity contribution >= 4 is 29.2 Å². The van der Waals surface area contributed by atoms with Crippen molar-refractivity contribution in [1.29, 1.82) is 0 Å². The topological polar surface area (TPSA) is 73.9 Å². The molecular formula is C19H19ClFNO5. The van der Waals surface area contributed by atoms with Crippen molar-refractivity contribution in [1.82, 2.24) is 0 Å². The smallest absolute Gasteiger partial charge is 0.344 e. The Balaban J connectivity index is 1.90. The summed E-state index contributed by atoms with van der Waals surface area (Å²) < 4.78 is 28.2. The van der Waals surface area contributed by atoms with Crippen LogP contribution in [0.5, 0.6) is 11.5 Å². The third kappa shape index (κ3) is 5.86. The molecule has 0 radical (unpaired) electrons. The summed E-state index contributed by atoms with van der Waals surface area (Å²) in [6.07, 6.45) is -1.06. The van der Waals surface area contributed by atoms with E-state index in [2.05, 4.69) is 5.32 Å². The van der Waals surface area contributed by atoms with Gasteiger partial charge in [0, 0.05) is 11.1 Å². The van der Waals surface area contributed by atoms with E-state index in [0.717, 1.165) is 5.56 Å². The summed E-state index contributed by atoms with van der Waals surface area (Å²) in [5, 5.41) is 3.13. The molecule has 1 amide bonds. The van der Waals surface area contributed by atoms with E-state index >= 15 is 0 Å². The second kappa shape index (κ2) is 9.23. The number of esters is 1. The first-order valence-corrected chi connectivity index (χ1v) is 8.40. The van der Waals surface area contributed by atoms with E-state index in [-0.39, 0.29) is 0 Å². The van der Waals surface area contributed by atoms with Crippen LogP contribution in [0.2, 0.25) is 5.02 Å². The third-order valence-corrected chi connectivity index (χ3v) is 3.99. The molecule has 2 aromatic rings. The summed E-state index contributed by atoms with van der Waals surface area (Å²) in [6.45, 7) is 2.81. The maximum absolute atomic E-state index is 12.8. The molecule has 0 aliphatic heterocycles. The van der Waals surface area contributed by atoms with Gasteiger partial charge in [0.1, 0.15) is 17.3 Å². The number of benzene rings is 2. The summed E-state index contributed by atoms with van der Waals surface area (Å²) in [5.74, 6) is -0.988. The zero-order valence-corrected chi connectivity index (χ0v) is 15.8. The van der Waals surface area contributed by atoms with Crippen molar-refractivity contribution in [2.24, 2.45) is 0 Å². The predicted octanol–water partition coefficient (Wildman–Crippen LogP) is 3.75. The average Bonchev–Trinajstić information content (AvgIpc) is 2.63. The number of ether oxygens (including phenoxy) is 3. The zero-order valence-electron chi connectivity index (χ0n) is 15.0. The number of hydrogen-bond acceptors (Lipinski definition) is 5. The van der Waals surface area contributed by atoms with Gasteiger partial charge in [0.05, 0.1) is 12.8 Å². The SMILES string of the molecule is COc1cc(Cl)c(C)cc1NC(=O)C(C)OC(=O)COc1ccc(F)cc1. The van der Waals surface area contributed by atoms with E-state index in [1.807, 2.05) is 0 Å². The van der Waals surface area contributed by atoms with E-state index in [1.54, 1.807) is 19.1 Å². The Bertz CT molecular complexity index is 826. The van der Waals surface area contributed by atoms with Gasteiger partial charge in [0.2, 0.25) is 0 Å². The largest absolute Gasteiger partial charge is 0.495 e. The van der Waals surface area contributed by atoms with Gasteiger partial charge in [-0.15, -0.1) is 0 Å². The molecule has 0 aliphatic carbocycles. The monoisotopic (exact) mass is 395 g/mol. The van der Waals surface area contributed by atoms with Gasteiger partial charge in [-0.05, 0) is 49.7 Å². The molecule has 27 heavy (non-hydrogen) atoms. The van der Waals surface area contributed by atoms with E-state index < -0.39 is 30.4 Å². The van der Waals surface area contributed by atoms with Gasteiger partial charge in [0.25, 0.3) is 5.91 Å². The lowest BCUT2D eigenvalue weighted by Gasteiger charge is -2.16. The number of nitrogens with one attached hydrogen (secondary N) is 1. The van der Waals surface area contributed by atoms with Crippen LogP contribution in [0.3, 0.4) is 0 Å². The number of amides is 1. The minimum absolute atomic E-state index is 0.312. The Labute approximate surface area is 161 Å². The number of halogens is 2. The van der Waals surface area contributed by atoms with Gasteiger partial charge >= 0.3 is 5.97 Å². The molecule has 0 fully saturated rings. The summed E-state index contributed by atoms with van der Waals surface area (Å²) in [6, 6.07) is 8.42. The van der Waals surface area contributed by atoms with Crippen LogP contribution < -0.4 is 14.8 Å². The van der Waals surface area contributed by atoms with Crippen molar-refractivity contribution < 1.29 is 28.2 Å². The van der Waals surface area contributed by atoms with E-state index in [9.17, 15) is 14.0 Å². The predicted molar refractivity (Wildman–Crippen MR) is 98.8 cm³/mol. The first-order chi connectivity index (χ1) is 12.8. The maximum atomic E-state index is 12.8. The standard InChI is InChI=1S/C19H19ClFNO5/c1-11-8-16(17(25-3)9-15(11)20)22-19(24)12(2)27-18(23)10-26-14-6-4-13(21)5-7-14/h4-9,12H,10H2,1-3H3,(H,22,24). The van der Waals surface area contributed by atoms with Gasteiger partial charge in [0.15, 0.2) is 12.7 Å². The Morgan fingerprint density at radius 2 is 1.89 bits per heavy atom. The molecule has 2 rings (SSSR count). The fourth-order valence-electron chi connectivity index (χ4n) is 2.12. The molecular weight excluding hydrogens is 377 g/mol. The van der Waals surface area contributed by atoms with Crippen LogP contribution in [0.4, 0.5) is 10.1 Å². The van der Waals surface area contributed by atoms with Crippen LogP contribution >= 0.6 is 11.6 Å². The highest BCUT2D eigenvalue weighted by molar-refractivity contribution is 6.31. The summed E-state index contributed by atoms with van der Waals surface area (Å²) in [7, 11) is 1.45. The van der Waals surface area contributed by atoms with Gasteiger partial charge in [-0.25, -0.2) is 9.18 Å². The van der Waals surface area contributed by atoms with E-state index in [1.165, 1.54) is 38.3 Å². The Hall–Kier alpha value is -2.80. The maximum Gasteiger partial charge on any atom is 0.344 e. The van der Waals surface area contributed by atoms with Crippen molar-refractivity contribution in [2.45, 2.75) is 20.0 Å². The van der Waals surface area contributed by atoms with Crippen molar-refractivity contribution in [2.75, 3.05) is 19.0 Å². The fraction of sp³-hybridized carbons (Fsp3) is 0.263. The number of anilines is 1. The van der Waals surface area contributed by atoms with E-state index in [4.69, 9.17) is 25.8 Å². The van der Waals surface area contributed by atoms with Gasteiger partial charge in [-0.2, -0.15) is 0 Å². The van der Waals surface area contributed by atoms with Gasteiger partial charge in [-0.3, -0.25) is 4.79 Å². The molecule has 0 aliphatic rings. The minimum atomic E-state index is -1.06. The molecule has 1 unspecified atom stereocenters. The summed E-state index contributed by atoms with van der Waals surface area (Å²) >= 11 is 6.03. The number of rotatable bonds is 7. The molecule has 1 N–H and O–H groups in total. The Morgan fingerprint density at radius 1 is 1.22 bits per heavy atom. The van der Waals surface area contributed by atoms with Gasteiger partial charge < -0.3 is 19.5 Å². The number of hydrogen-bond donors (Lipinski definition) is 1. The molecule has 0 spiro atoms. The molecule has 2 aromatic carbocycles. The number of methoxy groups -OCH3 is 1. The average molecular weight is 396 g/mol. The highest BCUT2D eigenvalue weighted by Crippen LogP contribution is 2.31. The second-order valence-corrected chi connectivity index (χ2v) is 6.07. The van der Waals surface area contributed by atoms with Crippen LogP contribution in [-0.2, 0) is 14.3 Å². The van der Waals surface area contributed by atoms with Crippen LogP contribution in [0.1, 0.15) is 12.5 Å². The molecule has 0 saturated carbocycles.